The highest BCUT2D eigenvalue weighted by Gasteiger charge is 2.13. The molecule has 0 spiro atoms. The molecule has 0 aliphatic rings. The standard InChI is InChI=1S/C15H17N3O/c1-9(2)15-14(8-17-18-15)19-12-5-10(3)13(7-16)11(4)6-12/h5-6,8-9H,1-4H3,(H,17,18). The van der Waals surface area contributed by atoms with E-state index in [0.29, 0.717) is 11.5 Å². The zero-order chi connectivity index (χ0) is 14.0. The summed E-state index contributed by atoms with van der Waals surface area (Å²) in [7, 11) is 0. The Morgan fingerprint density at radius 2 is 1.89 bits per heavy atom. The first-order valence-electron chi connectivity index (χ1n) is 6.25. The SMILES string of the molecule is Cc1cc(Oc2c[nH]nc2C(C)C)cc(C)c1C#N. The molecule has 0 unspecified atom stereocenters. The molecular formula is C15H17N3O. The highest BCUT2D eigenvalue weighted by atomic mass is 16.5. The molecule has 19 heavy (non-hydrogen) atoms. The summed E-state index contributed by atoms with van der Waals surface area (Å²) >= 11 is 0. The van der Waals surface area contributed by atoms with E-state index in [1.165, 1.54) is 0 Å². The first-order valence-corrected chi connectivity index (χ1v) is 6.25. The predicted molar refractivity (Wildman–Crippen MR) is 73.4 cm³/mol. The van der Waals surface area contributed by atoms with Gasteiger partial charge in [0.05, 0.1) is 17.8 Å². The van der Waals surface area contributed by atoms with Crippen LogP contribution in [-0.2, 0) is 0 Å². The van der Waals surface area contributed by atoms with Crippen LogP contribution in [-0.4, -0.2) is 10.2 Å². The fourth-order valence-corrected chi connectivity index (χ4v) is 2.07. The third kappa shape index (κ3) is 2.60. The summed E-state index contributed by atoms with van der Waals surface area (Å²) in [6.45, 7) is 7.96. The molecule has 1 heterocycles. The molecule has 4 heteroatoms. The lowest BCUT2D eigenvalue weighted by Gasteiger charge is -2.10. The molecule has 2 aromatic rings. The van der Waals surface area contributed by atoms with Gasteiger partial charge >= 0.3 is 0 Å². The number of aryl methyl sites for hydroxylation is 2. The molecule has 1 N–H and O–H groups in total. The Bertz CT molecular complexity index is 612. The molecule has 1 aromatic heterocycles. The van der Waals surface area contributed by atoms with E-state index in [1.54, 1.807) is 6.20 Å². The van der Waals surface area contributed by atoms with Crippen LogP contribution in [0.1, 0.15) is 42.1 Å². The van der Waals surface area contributed by atoms with Gasteiger partial charge in [-0.3, -0.25) is 5.10 Å². The van der Waals surface area contributed by atoms with Crippen LogP contribution in [0, 0.1) is 25.2 Å². The topological polar surface area (TPSA) is 61.7 Å². The molecule has 1 aromatic carbocycles. The monoisotopic (exact) mass is 255 g/mol. The summed E-state index contributed by atoms with van der Waals surface area (Å²) in [5.41, 5.74) is 3.46. The quantitative estimate of drug-likeness (QED) is 0.907. The predicted octanol–water partition coefficient (Wildman–Crippen LogP) is 3.81. The second-order valence-corrected chi connectivity index (χ2v) is 4.94. The van der Waals surface area contributed by atoms with E-state index in [9.17, 15) is 0 Å². The van der Waals surface area contributed by atoms with Gasteiger partial charge in [-0.15, -0.1) is 0 Å². The van der Waals surface area contributed by atoms with Gasteiger partial charge in [0, 0.05) is 5.92 Å². The Labute approximate surface area is 113 Å². The van der Waals surface area contributed by atoms with Crippen molar-refractivity contribution in [1.29, 1.82) is 5.26 Å². The van der Waals surface area contributed by atoms with Gasteiger partial charge in [0.25, 0.3) is 0 Å². The molecule has 0 atom stereocenters. The van der Waals surface area contributed by atoms with Crippen LogP contribution in [0.5, 0.6) is 11.5 Å². The molecule has 0 aliphatic carbocycles. The average molecular weight is 255 g/mol. The third-order valence-corrected chi connectivity index (χ3v) is 3.03. The van der Waals surface area contributed by atoms with E-state index < -0.39 is 0 Å². The number of benzene rings is 1. The summed E-state index contributed by atoms with van der Waals surface area (Å²) in [4.78, 5) is 0. The molecule has 0 aliphatic heterocycles. The molecule has 0 radical (unpaired) electrons. The van der Waals surface area contributed by atoms with Crippen molar-refractivity contribution in [1.82, 2.24) is 10.2 Å². The van der Waals surface area contributed by atoms with Crippen LogP contribution >= 0.6 is 0 Å². The van der Waals surface area contributed by atoms with E-state index in [2.05, 4.69) is 30.1 Å². The van der Waals surface area contributed by atoms with Crippen molar-refractivity contribution in [2.45, 2.75) is 33.6 Å². The molecule has 0 amide bonds. The maximum atomic E-state index is 9.06. The van der Waals surface area contributed by atoms with Crippen molar-refractivity contribution in [3.05, 3.63) is 40.7 Å². The number of aromatic amines is 1. The molecule has 98 valence electrons. The first kappa shape index (κ1) is 13.2. The van der Waals surface area contributed by atoms with Crippen LogP contribution in [0.25, 0.3) is 0 Å². The molecule has 0 saturated carbocycles. The van der Waals surface area contributed by atoms with Crippen LogP contribution in [0.3, 0.4) is 0 Å². The normalized spacial score (nSPS) is 10.5. The average Bonchev–Trinajstić information content (AvgIpc) is 2.76. The molecule has 0 fully saturated rings. The van der Waals surface area contributed by atoms with Crippen molar-refractivity contribution < 1.29 is 4.74 Å². The Kier molecular flexibility index (Phi) is 3.57. The molecule has 4 nitrogen and oxygen atoms in total. The largest absolute Gasteiger partial charge is 0.454 e. The van der Waals surface area contributed by atoms with Crippen molar-refractivity contribution in [2.24, 2.45) is 0 Å². The Morgan fingerprint density at radius 1 is 1.26 bits per heavy atom. The Balaban J connectivity index is 2.35. The lowest BCUT2D eigenvalue weighted by atomic mass is 10.0. The van der Waals surface area contributed by atoms with Gasteiger partial charge < -0.3 is 4.74 Å². The number of nitrogens with zero attached hydrogens (tertiary/aromatic N) is 2. The summed E-state index contributed by atoms with van der Waals surface area (Å²) < 4.78 is 5.87. The van der Waals surface area contributed by atoms with Gasteiger partial charge in [0.1, 0.15) is 11.4 Å². The maximum Gasteiger partial charge on any atom is 0.168 e. The summed E-state index contributed by atoms with van der Waals surface area (Å²) in [6.07, 6.45) is 1.75. The second kappa shape index (κ2) is 5.15. The van der Waals surface area contributed by atoms with E-state index >= 15 is 0 Å². The highest BCUT2D eigenvalue weighted by Crippen LogP contribution is 2.30. The summed E-state index contributed by atoms with van der Waals surface area (Å²) in [5.74, 6) is 1.76. The Hall–Kier alpha value is -2.28. The van der Waals surface area contributed by atoms with Crippen molar-refractivity contribution in [3.63, 3.8) is 0 Å². The van der Waals surface area contributed by atoms with E-state index in [4.69, 9.17) is 10.00 Å². The molecular weight excluding hydrogens is 238 g/mol. The third-order valence-electron chi connectivity index (χ3n) is 3.03. The number of nitriles is 1. The Morgan fingerprint density at radius 3 is 2.42 bits per heavy atom. The lowest BCUT2D eigenvalue weighted by Crippen LogP contribution is -1.94. The fraction of sp³-hybridized carbons (Fsp3) is 0.333. The second-order valence-electron chi connectivity index (χ2n) is 4.94. The van der Waals surface area contributed by atoms with Gasteiger partial charge in [0.15, 0.2) is 5.75 Å². The van der Waals surface area contributed by atoms with Crippen LogP contribution in [0.4, 0.5) is 0 Å². The van der Waals surface area contributed by atoms with Gasteiger partial charge in [0.2, 0.25) is 0 Å². The number of rotatable bonds is 3. The van der Waals surface area contributed by atoms with Crippen LogP contribution in [0.2, 0.25) is 0 Å². The maximum absolute atomic E-state index is 9.06. The minimum Gasteiger partial charge on any atom is -0.454 e. The van der Waals surface area contributed by atoms with Gasteiger partial charge in [-0.05, 0) is 37.1 Å². The minimum atomic E-state index is 0.293. The number of aromatic nitrogens is 2. The van der Waals surface area contributed by atoms with E-state index in [-0.39, 0.29) is 0 Å². The molecule has 0 bridgehead atoms. The number of H-pyrrole nitrogens is 1. The van der Waals surface area contributed by atoms with E-state index in [0.717, 1.165) is 28.3 Å². The van der Waals surface area contributed by atoms with Crippen LogP contribution < -0.4 is 4.74 Å². The van der Waals surface area contributed by atoms with Crippen LogP contribution in [0.15, 0.2) is 18.3 Å². The smallest absolute Gasteiger partial charge is 0.168 e. The number of ether oxygens (including phenoxy) is 1. The zero-order valence-corrected chi connectivity index (χ0v) is 11.6. The van der Waals surface area contributed by atoms with Crippen molar-refractivity contribution >= 4 is 0 Å². The van der Waals surface area contributed by atoms with Crippen molar-refractivity contribution in [2.75, 3.05) is 0 Å². The number of hydrogen-bond acceptors (Lipinski definition) is 3. The van der Waals surface area contributed by atoms with Gasteiger partial charge in [-0.2, -0.15) is 10.4 Å². The van der Waals surface area contributed by atoms with Crippen molar-refractivity contribution in [3.8, 4) is 17.6 Å². The fourth-order valence-electron chi connectivity index (χ4n) is 2.07. The molecule has 2 rings (SSSR count). The number of nitrogens with one attached hydrogen (secondary N) is 1. The minimum absolute atomic E-state index is 0.293. The highest BCUT2D eigenvalue weighted by molar-refractivity contribution is 5.49. The molecule has 0 saturated heterocycles. The summed E-state index contributed by atoms with van der Waals surface area (Å²) in [6, 6.07) is 5.96. The van der Waals surface area contributed by atoms with Gasteiger partial charge in [-0.1, -0.05) is 13.8 Å². The van der Waals surface area contributed by atoms with E-state index in [1.807, 2.05) is 26.0 Å². The lowest BCUT2D eigenvalue weighted by molar-refractivity contribution is 0.472. The first-order chi connectivity index (χ1) is 9.02. The summed E-state index contributed by atoms with van der Waals surface area (Å²) in [5, 5.41) is 16.1. The number of hydrogen-bond donors (Lipinski definition) is 1. The van der Waals surface area contributed by atoms with Gasteiger partial charge in [-0.25, -0.2) is 0 Å². The zero-order valence-electron chi connectivity index (χ0n) is 11.6.